The smallest absolute Gasteiger partial charge is 0.285 e. The Kier molecular flexibility index (Phi) is 3.84. The van der Waals surface area contributed by atoms with Gasteiger partial charge in [-0.15, -0.1) is 9.61 Å². The monoisotopic (exact) mass is 335 g/mol. The standard InChI is InChI=1S/C17H13N5OS/c23-17-20-16(24-11-12-7-3-1-4-8-12)19-15-18-14(21-22(15)17)13-9-5-2-6-10-13/h1-10H,11H2,(H,18,19,20,21,23). The average molecular weight is 335 g/mol. The van der Waals surface area contributed by atoms with Gasteiger partial charge in [-0.1, -0.05) is 72.4 Å². The van der Waals surface area contributed by atoms with Gasteiger partial charge in [-0.05, 0) is 5.56 Å². The minimum Gasteiger partial charge on any atom is -0.285 e. The first-order valence-corrected chi connectivity index (χ1v) is 8.37. The van der Waals surface area contributed by atoms with E-state index >= 15 is 0 Å². The van der Waals surface area contributed by atoms with E-state index < -0.39 is 0 Å². The molecule has 0 spiro atoms. The third-order valence-electron chi connectivity index (χ3n) is 3.45. The van der Waals surface area contributed by atoms with Crippen molar-refractivity contribution in [3.8, 4) is 11.4 Å². The van der Waals surface area contributed by atoms with Gasteiger partial charge in [0, 0.05) is 11.3 Å². The van der Waals surface area contributed by atoms with Crippen molar-refractivity contribution in [3.63, 3.8) is 0 Å². The fourth-order valence-electron chi connectivity index (χ4n) is 2.28. The van der Waals surface area contributed by atoms with Crippen LogP contribution < -0.4 is 5.69 Å². The molecule has 0 saturated carbocycles. The number of nitrogens with zero attached hydrogens (tertiary/aromatic N) is 4. The van der Waals surface area contributed by atoms with Crippen LogP contribution in [0.5, 0.6) is 0 Å². The Balaban J connectivity index is 1.66. The zero-order valence-corrected chi connectivity index (χ0v) is 13.4. The van der Waals surface area contributed by atoms with Gasteiger partial charge >= 0.3 is 5.69 Å². The Morgan fingerprint density at radius 3 is 2.42 bits per heavy atom. The Hall–Kier alpha value is -2.93. The van der Waals surface area contributed by atoms with Crippen LogP contribution in [-0.2, 0) is 5.75 Å². The molecule has 0 aliphatic rings. The summed E-state index contributed by atoms with van der Waals surface area (Å²) < 4.78 is 1.19. The predicted octanol–water partition coefficient (Wildman–Crippen LogP) is 2.77. The maximum absolute atomic E-state index is 12.2. The van der Waals surface area contributed by atoms with Gasteiger partial charge in [0.15, 0.2) is 11.0 Å². The van der Waals surface area contributed by atoms with Crippen molar-refractivity contribution in [2.75, 3.05) is 0 Å². The first-order valence-electron chi connectivity index (χ1n) is 7.39. The van der Waals surface area contributed by atoms with Crippen LogP contribution in [0.15, 0.2) is 70.6 Å². The number of aromatic nitrogens is 5. The highest BCUT2D eigenvalue weighted by Crippen LogP contribution is 2.19. The van der Waals surface area contributed by atoms with Gasteiger partial charge < -0.3 is 0 Å². The third-order valence-corrected chi connectivity index (χ3v) is 4.39. The molecule has 4 aromatic rings. The molecule has 0 aliphatic heterocycles. The van der Waals surface area contributed by atoms with E-state index in [1.807, 2.05) is 60.7 Å². The number of hydrogen-bond acceptors (Lipinski definition) is 5. The largest absolute Gasteiger partial charge is 0.351 e. The highest BCUT2D eigenvalue weighted by Gasteiger charge is 2.11. The van der Waals surface area contributed by atoms with E-state index in [-0.39, 0.29) is 5.69 Å². The van der Waals surface area contributed by atoms with E-state index in [2.05, 4.69) is 20.1 Å². The van der Waals surface area contributed by atoms with Crippen molar-refractivity contribution in [3.05, 3.63) is 76.7 Å². The predicted molar refractivity (Wildman–Crippen MR) is 92.8 cm³/mol. The zero-order valence-electron chi connectivity index (χ0n) is 12.6. The van der Waals surface area contributed by atoms with Gasteiger partial charge in [-0.3, -0.25) is 4.98 Å². The zero-order chi connectivity index (χ0) is 16.4. The van der Waals surface area contributed by atoms with Gasteiger partial charge in [0.25, 0.3) is 5.78 Å². The third kappa shape index (κ3) is 2.93. The SMILES string of the molecule is O=c1[nH]c(SCc2ccccc2)nc2nc(-c3ccccc3)nn12. The van der Waals surface area contributed by atoms with Gasteiger partial charge in [0.1, 0.15) is 0 Å². The summed E-state index contributed by atoms with van der Waals surface area (Å²) in [6.45, 7) is 0. The van der Waals surface area contributed by atoms with Gasteiger partial charge in [0.2, 0.25) is 0 Å². The fraction of sp³-hybridized carbons (Fsp3) is 0.0588. The Bertz CT molecular complexity index is 1030. The summed E-state index contributed by atoms with van der Waals surface area (Å²) in [5.74, 6) is 1.51. The Morgan fingerprint density at radius 2 is 1.67 bits per heavy atom. The van der Waals surface area contributed by atoms with Crippen LogP contribution in [0.1, 0.15) is 5.56 Å². The Labute approximate surface area is 141 Å². The molecule has 0 bridgehead atoms. The lowest BCUT2D eigenvalue weighted by Crippen LogP contribution is -2.19. The van der Waals surface area contributed by atoms with Crippen molar-refractivity contribution in [1.82, 2.24) is 24.6 Å². The molecule has 0 atom stereocenters. The van der Waals surface area contributed by atoms with Crippen LogP contribution >= 0.6 is 11.8 Å². The summed E-state index contributed by atoms with van der Waals surface area (Å²) in [5.41, 5.74) is 1.67. The second kappa shape index (κ2) is 6.29. The van der Waals surface area contributed by atoms with E-state index in [4.69, 9.17) is 0 Å². The van der Waals surface area contributed by atoms with Crippen LogP contribution in [0.2, 0.25) is 0 Å². The molecular weight excluding hydrogens is 322 g/mol. The topological polar surface area (TPSA) is 75.9 Å². The van der Waals surface area contributed by atoms with E-state index in [1.54, 1.807) is 0 Å². The summed E-state index contributed by atoms with van der Waals surface area (Å²) in [7, 11) is 0. The number of fused-ring (bicyclic) bond motifs is 1. The highest BCUT2D eigenvalue weighted by atomic mass is 32.2. The second-order valence-corrected chi connectivity index (χ2v) is 6.10. The number of benzene rings is 2. The molecule has 0 amide bonds. The molecule has 0 fully saturated rings. The summed E-state index contributed by atoms with van der Waals surface area (Å²) >= 11 is 1.46. The molecule has 7 heteroatoms. The maximum atomic E-state index is 12.2. The minimum atomic E-state index is -0.342. The summed E-state index contributed by atoms with van der Waals surface area (Å²) in [6.07, 6.45) is 0. The molecule has 2 heterocycles. The molecule has 0 radical (unpaired) electrons. The van der Waals surface area contributed by atoms with Gasteiger partial charge in [-0.25, -0.2) is 4.79 Å². The molecular formula is C17H13N5OS. The molecule has 118 valence electrons. The minimum absolute atomic E-state index is 0.299. The molecule has 24 heavy (non-hydrogen) atoms. The van der Waals surface area contributed by atoms with Crippen molar-refractivity contribution < 1.29 is 0 Å². The number of H-pyrrole nitrogens is 1. The first-order chi connectivity index (χ1) is 11.8. The van der Waals surface area contributed by atoms with E-state index in [1.165, 1.54) is 16.3 Å². The van der Waals surface area contributed by atoms with Gasteiger partial charge in [0.05, 0.1) is 0 Å². The van der Waals surface area contributed by atoms with Crippen LogP contribution in [0.3, 0.4) is 0 Å². The molecule has 1 N–H and O–H groups in total. The molecule has 2 aromatic heterocycles. The van der Waals surface area contributed by atoms with Crippen molar-refractivity contribution in [2.45, 2.75) is 10.9 Å². The highest BCUT2D eigenvalue weighted by molar-refractivity contribution is 7.98. The van der Waals surface area contributed by atoms with Gasteiger partial charge in [-0.2, -0.15) is 9.97 Å². The molecule has 4 rings (SSSR count). The van der Waals surface area contributed by atoms with Crippen molar-refractivity contribution in [1.29, 1.82) is 0 Å². The normalized spacial score (nSPS) is 11.0. The Morgan fingerprint density at radius 1 is 0.958 bits per heavy atom. The van der Waals surface area contributed by atoms with E-state index in [9.17, 15) is 4.79 Å². The number of aromatic amines is 1. The van der Waals surface area contributed by atoms with Crippen LogP contribution in [0, 0.1) is 0 Å². The second-order valence-electron chi connectivity index (χ2n) is 5.13. The molecule has 2 aromatic carbocycles. The van der Waals surface area contributed by atoms with Crippen molar-refractivity contribution >= 4 is 17.5 Å². The van der Waals surface area contributed by atoms with Crippen LogP contribution in [-0.4, -0.2) is 24.6 Å². The van der Waals surface area contributed by atoms with Crippen LogP contribution in [0.25, 0.3) is 17.2 Å². The van der Waals surface area contributed by atoms with E-state index in [0.29, 0.717) is 16.8 Å². The number of thioether (sulfide) groups is 1. The molecule has 6 nitrogen and oxygen atoms in total. The first kappa shape index (κ1) is 14.6. The number of rotatable bonds is 4. The van der Waals surface area contributed by atoms with E-state index in [0.717, 1.165) is 16.9 Å². The summed E-state index contributed by atoms with van der Waals surface area (Å²) in [5, 5.41) is 4.76. The van der Waals surface area contributed by atoms with Crippen LogP contribution in [0.4, 0.5) is 0 Å². The van der Waals surface area contributed by atoms with Crippen molar-refractivity contribution in [2.24, 2.45) is 0 Å². The average Bonchev–Trinajstić information content (AvgIpc) is 3.06. The molecule has 0 aliphatic carbocycles. The lowest BCUT2D eigenvalue weighted by atomic mass is 10.2. The lowest BCUT2D eigenvalue weighted by molar-refractivity contribution is 0.785. The fourth-order valence-corrected chi connectivity index (χ4v) is 3.08. The molecule has 0 unspecified atom stereocenters. The maximum Gasteiger partial charge on any atom is 0.351 e. The number of nitrogens with one attached hydrogen (secondary N) is 1. The lowest BCUT2D eigenvalue weighted by Gasteiger charge is -2.00. The molecule has 0 saturated heterocycles. The summed E-state index contributed by atoms with van der Waals surface area (Å²) in [6, 6.07) is 19.5. The quantitative estimate of drug-likeness (QED) is 0.580. The summed E-state index contributed by atoms with van der Waals surface area (Å²) in [4.78, 5) is 23.7. The number of hydrogen-bond donors (Lipinski definition) is 1.